The van der Waals surface area contributed by atoms with Gasteiger partial charge < -0.3 is 9.47 Å². The van der Waals surface area contributed by atoms with Crippen molar-refractivity contribution in [3.63, 3.8) is 0 Å². The van der Waals surface area contributed by atoms with E-state index in [1.807, 2.05) is 0 Å². The van der Waals surface area contributed by atoms with Crippen molar-refractivity contribution in [1.29, 1.82) is 0 Å². The first kappa shape index (κ1) is 16.6. The van der Waals surface area contributed by atoms with E-state index in [1.54, 1.807) is 0 Å². The third-order valence-electron chi connectivity index (χ3n) is 0.348. The van der Waals surface area contributed by atoms with Gasteiger partial charge in [-0.3, -0.25) is 11.5 Å². The third-order valence-corrected chi connectivity index (χ3v) is 0.348. The van der Waals surface area contributed by atoms with Crippen LogP contribution in [-0.4, -0.2) is 14.2 Å². The van der Waals surface area contributed by atoms with Gasteiger partial charge in [-0.2, -0.15) is 0 Å². The van der Waals surface area contributed by atoms with Crippen LogP contribution < -0.4 is 0 Å². The molecule has 0 N–H and O–H groups in total. The summed E-state index contributed by atoms with van der Waals surface area (Å²) in [5.74, 6) is 0. The minimum atomic E-state index is 0. The van der Waals surface area contributed by atoms with Gasteiger partial charge in [0.15, 0.2) is 0 Å². The molecule has 0 bridgehead atoms. The maximum Gasteiger partial charge on any atom is 2.00 e. The molecule has 0 aliphatic heterocycles. The molecule has 65 valence electrons. The minimum absolute atomic E-state index is 0. The van der Waals surface area contributed by atoms with Crippen molar-refractivity contribution in [2.45, 2.75) is 0 Å². The molecule has 3 heteroatoms. The number of rotatable bonds is 2. The molecule has 0 rings (SSSR count). The summed E-state index contributed by atoms with van der Waals surface area (Å²) in [6.07, 6.45) is 4.50. The van der Waals surface area contributed by atoms with Crippen molar-refractivity contribution in [1.82, 2.24) is 0 Å². The summed E-state index contributed by atoms with van der Waals surface area (Å²) in [5, 5.41) is 0. The Morgan fingerprint density at radius 2 is 1.27 bits per heavy atom. The molecule has 0 unspecified atom stereocenters. The Morgan fingerprint density at radius 3 is 1.27 bits per heavy atom. The molecule has 11 heavy (non-hydrogen) atoms. The Hall–Kier alpha value is -0.841. The molecule has 0 amide bonds. The Balaban J connectivity index is -0.000000107. The Morgan fingerprint density at radius 1 is 1.00 bits per heavy atom. The Kier molecular flexibility index (Phi) is 34.6. The van der Waals surface area contributed by atoms with Crippen molar-refractivity contribution in [2.24, 2.45) is 0 Å². The molecule has 0 saturated heterocycles. The van der Waals surface area contributed by atoms with E-state index in [4.69, 9.17) is 0 Å². The summed E-state index contributed by atoms with van der Waals surface area (Å²) in [7, 11) is 3.00. The standard InChI is InChI=1S/2C4H5O.Cu/c2*1-3-4-5-2;/h2*1H2,2H3;/q2*-1;+2. The first-order chi connectivity index (χ1) is 4.83. The van der Waals surface area contributed by atoms with E-state index in [0.717, 1.165) is 0 Å². The fraction of sp³-hybridized carbons (Fsp3) is 0.250. The molecule has 0 aromatic heterocycles. The molecule has 0 atom stereocenters. The van der Waals surface area contributed by atoms with E-state index in [0.29, 0.717) is 0 Å². The van der Waals surface area contributed by atoms with Crippen LogP contribution in [0.15, 0.2) is 24.6 Å². The summed E-state index contributed by atoms with van der Waals surface area (Å²) < 4.78 is 8.53. The van der Waals surface area contributed by atoms with Crippen LogP contribution in [0.1, 0.15) is 0 Å². The summed E-state index contributed by atoms with van der Waals surface area (Å²) in [5.41, 5.74) is 4.59. The Labute approximate surface area is 78.4 Å². The molecule has 0 heterocycles. The van der Waals surface area contributed by atoms with E-state index < -0.39 is 0 Å². The molecule has 1 radical (unpaired) electrons. The molecule has 0 aliphatic carbocycles. The van der Waals surface area contributed by atoms with Crippen LogP contribution in [0.5, 0.6) is 0 Å². The average Bonchev–Trinajstić information content (AvgIpc) is 1.93. The predicted molar refractivity (Wildman–Crippen MR) is 38.8 cm³/mol. The smallest absolute Gasteiger partial charge is 0.588 e. The topological polar surface area (TPSA) is 18.5 Å². The summed E-state index contributed by atoms with van der Waals surface area (Å²) in [6.45, 7) is 6.38. The largest absolute Gasteiger partial charge is 2.00 e. The van der Waals surface area contributed by atoms with Crippen molar-refractivity contribution < 1.29 is 26.5 Å². The van der Waals surface area contributed by atoms with Crippen LogP contribution in [0.3, 0.4) is 0 Å². The van der Waals surface area contributed by atoms with Gasteiger partial charge in [-0.05, 0) is 12.5 Å². The second kappa shape index (κ2) is 22.9. The zero-order valence-corrected chi connectivity index (χ0v) is 7.47. The molecule has 2 nitrogen and oxygen atoms in total. The summed E-state index contributed by atoms with van der Waals surface area (Å²) in [4.78, 5) is 0. The van der Waals surface area contributed by atoms with Crippen molar-refractivity contribution in [3.05, 3.63) is 37.1 Å². The first-order valence-corrected chi connectivity index (χ1v) is 2.43. The van der Waals surface area contributed by atoms with Crippen LogP contribution in [-0.2, 0) is 26.5 Å². The normalized spacial score (nSPS) is 4.55. The molecule has 0 aliphatic rings. The molecular weight excluding hydrogens is 192 g/mol. The van der Waals surface area contributed by atoms with Gasteiger partial charge in [0.25, 0.3) is 0 Å². The zero-order valence-electron chi connectivity index (χ0n) is 6.53. The fourth-order valence-electron chi connectivity index (χ4n) is 0.144. The molecule has 0 aromatic rings. The third kappa shape index (κ3) is 47.0. The molecule has 0 fully saturated rings. The van der Waals surface area contributed by atoms with Crippen LogP contribution in [0.25, 0.3) is 0 Å². The van der Waals surface area contributed by atoms with E-state index in [1.165, 1.54) is 14.2 Å². The van der Waals surface area contributed by atoms with Gasteiger partial charge in [0.05, 0.1) is 14.2 Å². The van der Waals surface area contributed by atoms with Gasteiger partial charge in [0.2, 0.25) is 0 Å². The van der Waals surface area contributed by atoms with E-state index >= 15 is 0 Å². The Bertz CT molecular complexity index is 124. The SMILES string of the molecule is C=C=[C-]OC.C=C=[C-]OC.[Cu+2]. The van der Waals surface area contributed by atoms with Crippen LogP contribution >= 0.6 is 0 Å². The van der Waals surface area contributed by atoms with Gasteiger partial charge in [-0.15, -0.1) is 0 Å². The number of hydrogen-bond acceptors (Lipinski definition) is 2. The average molecular weight is 202 g/mol. The molecule has 0 saturated carbocycles. The zero-order chi connectivity index (χ0) is 8.24. The van der Waals surface area contributed by atoms with E-state index in [9.17, 15) is 0 Å². The molecule has 0 aromatic carbocycles. The maximum atomic E-state index is 4.27. The van der Waals surface area contributed by atoms with Crippen molar-refractivity contribution in [3.8, 4) is 0 Å². The second-order valence-corrected chi connectivity index (χ2v) is 0.966. The number of hydrogen-bond donors (Lipinski definition) is 0. The maximum absolute atomic E-state index is 4.27. The van der Waals surface area contributed by atoms with Crippen LogP contribution in [0, 0.1) is 12.5 Å². The van der Waals surface area contributed by atoms with Crippen LogP contribution in [0.2, 0.25) is 0 Å². The summed E-state index contributed by atoms with van der Waals surface area (Å²) >= 11 is 0. The van der Waals surface area contributed by atoms with Gasteiger partial charge in [0, 0.05) is 0 Å². The minimum Gasteiger partial charge on any atom is -0.588 e. The quantitative estimate of drug-likeness (QED) is 0.292. The number of methoxy groups -OCH3 is 2. The first-order valence-electron chi connectivity index (χ1n) is 2.43. The van der Waals surface area contributed by atoms with Crippen molar-refractivity contribution >= 4 is 0 Å². The fourth-order valence-corrected chi connectivity index (χ4v) is 0.144. The van der Waals surface area contributed by atoms with Crippen molar-refractivity contribution in [2.75, 3.05) is 14.2 Å². The van der Waals surface area contributed by atoms with Gasteiger partial charge in [0.1, 0.15) is 0 Å². The molecule has 0 spiro atoms. The van der Waals surface area contributed by atoms with Crippen LogP contribution in [0.4, 0.5) is 0 Å². The monoisotopic (exact) mass is 201 g/mol. The van der Waals surface area contributed by atoms with Gasteiger partial charge in [-0.25, -0.2) is 13.2 Å². The summed E-state index contributed by atoms with van der Waals surface area (Å²) in [6, 6.07) is 0. The van der Waals surface area contributed by atoms with E-state index in [2.05, 4.69) is 46.6 Å². The molecular formula is C8H10CuO2. The number of ether oxygens (including phenoxy) is 2. The van der Waals surface area contributed by atoms with Gasteiger partial charge >= 0.3 is 17.1 Å². The van der Waals surface area contributed by atoms with Gasteiger partial charge in [-0.1, -0.05) is 0 Å². The predicted octanol–water partition coefficient (Wildman–Crippen LogP) is 1.47. The second-order valence-electron chi connectivity index (χ2n) is 0.966. The van der Waals surface area contributed by atoms with E-state index in [-0.39, 0.29) is 17.1 Å².